The van der Waals surface area contributed by atoms with Gasteiger partial charge in [-0.1, -0.05) is 24.0 Å². The van der Waals surface area contributed by atoms with Crippen LogP contribution in [0.5, 0.6) is 0 Å². The molecule has 0 aromatic rings. The van der Waals surface area contributed by atoms with Gasteiger partial charge in [0.05, 0.1) is 5.60 Å². The summed E-state index contributed by atoms with van der Waals surface area (Å²) in [6.07, 6.45) is 13.8. The summed E-state index contributed by atoms with van der Waals surface area (Å²) in [5.41, 5.74) is 3.37. The molecule has 1 N–H and O–H groups in total. The van der Waals surface area contributed by atoms with E-state index in [2.05, 4.69) is 0 Å². The fraction of sp³-hybridized carbons (Fsp3) is 0.889. The molecule has 0 unspecified atom stereocenters. The third kappa shape index (κ3) is 1.22. The van der Waals surface area contributed by atoms with Crippen LogP contribution in [-0.4, -0.2) is 10.7 Å². The molecule has 0 aromatic heterocycles. The molecular formula is C18H26O. The first-order valence-electron chi connectivity index (χ1n) is 8.74. The second-order valence-electron chi connectivity index (χ2n) is 8.04. The smallest absolute Gasteiger partial charge is 0.0777 e. The normalized spacial score (nSPS) is 55.1. The predicted molar refractivity (Wildman–Crippen MR) is 75.6 cm³/mol. The van der Waals surface area contributed by atoms with Gasteiger partial charge in [-0.3, -0.25) is 0 Å². The van der Waals surface area contributed by atoms with Gasteiger partial charge in [-0.15, -0.1) is 0 Å². The average Bonchev–Trinajstić information content (AvgIpc) is 3.05. The largest absolute Gasteiger partial charge is 0.389 e. The Hall–Kier alpha value is -0.300. The third-order valence-corrected chi connectivity index (χ3v) is 7.57. The summed E-state index contributed by atoms with van der Waals surface area (Å²) in [6, 6.07) is 0. The SMILES string of the molecule is O[C@@]12[C@H]3CC[C@@H](C3)[C@H]1[C@H]1C[C@H]2C2=C1CCCCCC2. The van der Waals surface area contributed by atoms with Gasteiger partial charge in [-0.25, -0.2) is 0 Å². The zero-order valence-electron chi connectivity index (χ0n) is 11.9. The summed E-state index contributed by atoms with van der Waals surface area (Å²) in [4.78, 5) is 0. The van der Waals surface area contributed by atoms with E-state index in [0.29, 0.717) is 17.8 Å². The molecule has 0 heterocycles. The number of hydrogen-bond acceptors (Lipinski definition) is 1. The molecule has 0 aliphatic heterocycles. The Morgan fingerprint density at radius 2 is 1.68 bits per heavy atom. The van der Waals surface area contributed by atoms with Gasteiger partial charge in [-0.05, 0) is 75.0 Å². The monoisotopic (exact) mass is 258 g/mol. The Bertz CT molecular complexity index is 451. The maximum absolute atomic E-state index is 11.5. The van der Waals surface area contributed by atoms with E-state index in [0.717, 1.165) is 11.8 Å². The maximum Gasteiger partial charge on any atom is 0.0777 e. The summed E-state index contributed by atoms with van der Waals surface area (Å²) in [5.74, 6) is 3.61. The number of fused-ring (bicyclic) bond motifs is 11. The standard InChI is InChI=1S/C18H26O/c19-18-12-8-7-11(9-12)17(18)15-10-16(18)14-6-4-2-1-3-5-13(14)15/h11-12,15-17,19H,1-10H2/t11-,12-,15-,16-,17-,18+/m0/s1. The molecule has 3 saturated carbocycles. The van der Waals surface area contributed by atoms with E-state index < -0.39 is 0 Å². The lowest BCUT2D eigenvalue weighted by Crippen LogP contribution is -2.48. The minimum Gasteiger partial charge on any atom is -0.389 e. The summed E-state index contributed by atoms with van der Waals surface area (Å²) < 4.78 is 0. The highest BCUT2D eigenvalue weighted by molar-refractivity contribution is 5.39. The van der Waals surface area contributed by atoms with Crippen molar-refractivity contribution in [2.75, 3.05) is 0 Å². The van der Waals surface area contributed by atoms with Crippen molar-refractivity contribution in [1.29, 1.82) is 0 Å². The second kappa shape index (κ2) is 3.67. The van der Waals surface area contributed by atoms with E-state index in [4.69, 9.17) is 0 Å². The molecule has 0 spiro atoms. The predicted octanol–water partition coefficient (Wildman–Crippen LogP) is 4.06. The fourth-order valence-electron chi connectivity index (χ4n) is 7.08. The lowest BCUT2D eigenvalue weighted by molar-refractivity contribution is -0.0762. The molecule has 1 nitrogen and oxygen atoms in total. The molecule has 4 bridgehead atoms. The molecule has 1 heteroatoms. The summed E-state index contributed by atoms with van der Waals surface area (Å²) in [5, 5.41) is 11.5. The second-order valence-corrected chi connectivity index (χ2v) is 8.04. The van der Waals surface area contributed by atoms with E-state index in [1.54, 1.807) is 5.57 Å². The van der Waals surface area contributed by atoms with Gasteiger partial charge in [0, 0.05) is 5.92 Å². The molecule has 3 fully saturated rings. The van der Waals surface area contributed by atoms with E-state index in [1.165, 1.54) is 64.2 Å². The molecule has 0 amide bonds. The van der Waals surface area contributed by atoms with Crippen molar-refractivity contribution < 1.29 is 5.11 Å². The van der Waals surface area contributed by atoms with Gasteiger partial charge >= 0.3 is 0 Å². The first-order chi connectivity index (χ1) is 9.30. The van der Waals surface area contributed by atoms with Crippen LogP contribution in [0.25, 0.3) is 0 Å². The highest BCUT2D eigenvalue weighted by Gasteiger charge is 2.70. The van der Waals surface area contributed by atoms with E-state index in [1.807, 2.05) is 5.57 Å². The first-order valence-corrected chi connectivity index (χ1v) is 8.74. The van der Waals surface area contributed by atoms with Gasteiger partial charge < -0.3 is 5.11 Å². The fourth-order valence-corrected chi connectivity index (χ4v) is 7.08. The Morgan fingerprint density at radius 1 is 0.895 bits per heavy atom. The average molecular weight is 258 g/mol. The van der Waals surface area contributed by atoms with Crippen LogP contribution in [-0.2, 0) is 0 Å². The van der Waals surface area contributed by atoms with Gasteiger partial charge in [0.2, 0.25) is 0 Å². The van der Waals surface area contributed by atoms with Crippen molar-refractivity contribution in [2.24, 2.45) is 29.6 Å². The van der Waals surface area contributed by atoms with Crippen LogP contribution in [0.15, 0.2) is 11.1 Å². The quantitative estimate of drug-likeness (QED) is 0.513. The number of allylic oxidation sites excluding steroid dienone is 1. The molecule has 0 saturated heterocycles. The van der Waals surface area contributed by atoms with Crippen molar-refractivity contribution in [3.8, 4) is 0 Å². The number of aliphatic hydroxyl groups is 1. The van der Waals surface area contributed by atoms with Gasteiger partial charge in [-0.2, -0.15) is 0 Å². The Kier molecular flexibility index (Phi) is 2.19. The van der Waals surface area contributed by atoms with Crippen LogP contribution in [0, 0.1) is 29.6 Å². The summed E-state index contributed by atoms with van der Waals surface area (Å²) in [7, 11) is 0. The lowest BCUT2D eigenvalue weighted by Gasteiger charge is -2.45. The molecule has 0 radical (unpaired) electrons. The minimum absolute atomic E-state index is 0.244. The molecule has 5 aliphatic carbocycles. The molecule has 5 aliphatic rings. The van der Waals surface area contributed by atoms with Crippen LogP contribution >= 0.6 is 0 Å². The summed E-state index contributed by atoms with van der Waals surface area (Å²) in [6.45, 7) is 0. The van der Waals surface area contributed by atoms with Gasteiger partial charge in [0.25, 0.3) is 0 Å². The van der Waals surface area contributed by atoms with Crippen LogP contribution in [0.4, 0.5) is 0 Å². The maximum atomic E-state index is 11.5. The van der Waals surface area contributed by atoms with Crippen molar-refractivity contribution in [2.45, 2.75) is 69.8 Å². The van der Waals surface area contributed by atoms with Crippen LogP contribution < -0.4 is 0 Å². The molecule has 6 atom stereocenters. The lowest BCUT2D eigenvalue weighted by atomic mass is 9.64. The molecule has 0 aromatic carbocycles. The van der Waals surface area contributed by atoms with Crippen molar-refractivity contribution in [3.05, 3.63) is 11.1 Å². The highest BCUT2D eigenvalue weighted by Crippen LogP contribution is 2.71. The molecule has 5 rings (SSSR count). The zero-order valence-corrected chi connectivity index (χ0v) is 11.9. The van der Waals surface area contributed by atoms with E-state index >= 15 is 0 Å². The third-order valence-electron chi connectivity index (χ3n) is 7.57. The van der Waals surface area contributed by atoms with Crippen LogP contribution in [0.3, 0.4) is 0 Å². The highest BCUT2D eigenvalue weighted by atomic mass is 16.3. The van der Waals surface area contributed by atoms with Crippen molar-refractivity contribution in [3.63, 3.8) is 0 Å². The topological polar surface area (TPSA) is 20.2 Å². The Labute approximate surface area is 116 Å². The van der Waals surface area contributed by atoms with Crippen LogP contribution in [0.2, 0.25) is 0 Å². The molecule has 104 valence electrons. The van der Waals surface area contributed by atoms with Crippen molar-refractivity contribution in [1.82, 2.24) is 0 Å². The van der Waals surface area contributed by atoms with E-state index in [9.17, 15) is 5.11 Å². The van der Waals surface area contributed by atoms with Crippen LogP contribution in [0.1, 0.15) is 64.2 Å². The molecular weight excluding hydrogens is 232 g/mol. The first kappa shape index (κ1) is 11.4. The Morgan fingerprint density at radius 3 is 2.53 bits per heavy atom. The van der Waals surface area contributed by atoms with Gasteiger partial charge in [0.15, 0.2) is 0 Å². The van der Waals surface area contributed by atoms with Crippen molar-refractivity contribution >= 4 is 0 Å². The number of hydrogen-bond donors (Lipinski definition) is 1. The summed E-state index contributed by atoms with van der Waals surface area (Å²) >= 11 is 0. The van der Waals surface area contributed by atoms with Gasteiger partial charge in [0.1, 0.15) is 0 Å². The minimum atomic E-state index is -0.244. The van der Waals surface area contributed by atoms with E-state index in [-0.39, 0.29) is 5.60 Å². The molecule has 19 heavy (non-hydrogen) atoms. The Balaban J connectivity index is 1.59. The number of rotatable bonds is 0. The zero-order chi connectivity index (χ0) is 12.6.